The Morgan fingerprint density at radius 2 is 1.94 bits per heavy atom. The molecule has 1 N–H and O–H groups in total. The van der Waals surface area contributed by atoms with Gasteiger partial charge in [-0.1, -0.05) is 30.3 Å². The third kappa shape index (κ3) is 1.93. The molecule has 1 aliphatic carbocycles. The molecule has 2 aromatic rings. The number of hydrogen-bond donors (Lipinski definition) is 1. The van der Waals surface area contributed by atoms with Gasteiger partial charge in [-0.3, -0.25) is 0 Å². The van der Waals surface area contributed by atoms with Crippen molar-refractivity contribution in [1.82, 2.24) is 5.32 Å². The average molecular weight is 241 g/mol. The molecule has 1 unspecified atom stereocenters. The van der Waals surface area contributed by atoms with Crippen LogP contribution in [0.2, 0.25) is 0 Å². The minimum absolute atomic E-state index is 0.180. The fourth-order valence-electron chi connectivity index (χ4n) is 2.76. The third-order valence-electron chi connectivity index (χ3n) is 3.73. The SMILES string of the molecule is CNC1CCc2cc(-c3cccc(F)c3)ccc21. The molecule has 1 aliphatic rings. The van der Waals surface area contributed by atoms with Crippen LogP contribution in [-0.2, 0) is 6.42 Å². The van der Waals surface area contributed by atoms with Gasteiger partial charge in [-0.05, 0) is 54.3 Å². The molecule has 0 aliphatic heterocycles. The molecule has 0 amide bonds. The summed E-state index contributed by atoms with van der Waals surface area (Å²) in [7, 11) is 2.00. The van der Waals surface area contributed by atoms with Crippen LogP contribution in [0.5, 0.6) is 0 Å². The summed E-state index contributed by atoms with van der Waals surface area (Å²) in [5.41, 5.74) is 4.82. The van der Waals surface area contributed by atoms with Gasteiger partial charge in [0.25, 0.3) is 0 Å². The van der Waals surface area contributed by atoms with Crippen LogP contribution in [-0.4, -0.2) is 7.05 Å². The molecule has 1 atom stereocenters. The van der Waals surface area contributed by atoms with E-state index in [4.69, 9.17) is 0 Å². The molecule has 0 aromatic heterocycles. The van der Waals surface area contributed by atoms with Crippen molar-refractivity contribution in [2.24, 2.45) is 0 Å². The first-order valence-electron chi connectivity index (χ1n) is 6.34. The van der Waals surface area contributed by atoms with Crippen LogP contribution in [0, 0.1) is 5.82 Å². The second-order valence-corrected chi connectivity index (χ2v) is 4.80. The van der Waals surface area contributed by atoms with Gasteiger partial charge < -0.3 is 5.32 Å². The first-order valence-corrected chi connectivity index (χ1v) is 6.34. The molecule has 0 bridgehead atoms. The lowest BCUT2D eigenvalue weighted by atomic mass is 10.00. The zero-order valence-electron chi connectivity index (χ0n) is 10.4. The highest BCUT2D eigenvalue weighted by Gasteiger charge is 2.20. The van der Waals surface area contributed by atoms with Crippen molar-refractivity contribution in [1.29, 1.82) is 0 Å². The Kier molecular flexibility index (Phi) is 2.88. The van der Waals surface area contributed by atoms with Gasteiger partial charge in [0, 0.05) is 6.04 Å². The predicted octanol–water partition coefficient (Wildman–Crippen LogP) is 3.70. The van der Waals surface area contributed by atoms with Gasteiger partial charge in [0.1, 0.15) is 5.82 Å². The van der Waals surface area contributed by atoms with Crippen molar-refractivity contribution in [2.75, 3.05) is 7.05 Å². The van der Waals surface area contributed by atoms with Crippen molar-refractivity contribution in [3.8, 4) is 11.1 Å². The van der Waals surface area contributed by atoms with Crippen molar-refractivity contribution >= 4 is 0 Å². The zero-order valence-corrected chi connectivity index (χ0v) is 10.4. The number of fused-ring (bicyclic) bond motifs is 1. The van der Waals surface area contributed by atoms with Gasteiger partial charge in [0.05, 0.1) is 0 Å². The first kappa shape index (κ1) is 11.4. The van der Waals surface area contributed by atoms with E-state index < -0.39 is 0 Å². The summed E-state index contributed by atoms with van der Waals surface area (Å²) >= 11 is 0. The Balaban J connectivity index is 2.01. The summed E-state index contributed by atoms with van der Waals surface area (Å²) in [6, 6.07) is 13.7. The Morgan fingerprint density at radius 3 is 2.72 bits per heavy atom. The van der Waals surface area contributed by atoms with Gasteiger partial charge in [0.2, 0.25) is 0 Å². The second-order valence-electron chi connectivity index (χ2n) is 4.80. The van der Waals surface area contributed by atoms with E-state index in [9.17, 15) is 4.39 Å². The number of halogens is 1. The quantitative estimate of drug-likeness (QED) is 0.845. The number of nitrogens with one attached hydrogen (secondary N) is 1. The smallest absolute Gasteiger partial charge is 0.123 e. The molecule has 0 heterocycles. The molecule has 0 fully saturated rings. The normalized spacial score (nSPS) is 17.8. The van der Waals surface area contributed by atoms with E-state index in [1.165, 1.54) is 17.2 Å². The van der Waals surface area contributed by atoms with Crippen molar-refractivity contribution in [3.05, 3.63) is 59.4 Å². The number of aryl methyl sites for hydroxylation is 1. The minimum atomic E-state index is -0.180. The van der Waals surface area contributed by atoms with Crippen molar-refractivity contribution in [2.45, 2.75) is 18.9 Å². The van der Waals surface area contributed by atoms with Gasteiger partial charge in [-0.2, -0.15) is 0 Å². The average Bonchev–Trinajstić information content (AvgIpc) is 2.80. The lowest BCUT2D eigenvalue weighted by Gasteiger charge is -2.10. The third-order valence-corrected chi connectivity index (χ3v) is 3.73. The monoisotopic (exact) mass is 241 g/mol. The summed E-state index contributed by atoms with van der Waals surface area (Å²) in [6.45, 7) is 0. The standard InChI is InChI=1S/C16H16FN/c1-18-16-8-6-13-9-12(5-7-15(13)16)11-3-2-4-14(17)10-11/h2-5,7,9-10,16,18H,6,8H2,1H3. The number of rotatable bonds is 2. The molecule has 1 nitrogen and oxygen atoms in total. The molecule has 0 saturated heterocycles. The van der Waals surface area contributed by atoms with Crippen LogP contribution < -0.4 is 5.32 Å². The van der Waals surface area contributed by atoms with Gasteiger partial charge >= 0.3 is 0 Å². The van der Waals surface area contributed by atoms with Crippen LogP contribution in [0.3, 0.4) is 0 Å². The van der Waals surface area contributed by atoms with Gasteiger partial charge in [-0.15, -0.1) is 0 Å². The molecular weight excluding hydrogens is 225 g/mol. The van der Waals surface area contributed by atoms with Crippen molar-refractivity contribution < 1.29 is 4.39 Å². The van der Waals surface area contributed by atoms with Gasteiger partial charge in [0.15, 0.2) is 0 Å². The van der Waals surface area contributed by atoms with E-state index in [0.29, 0.717) is 6.04 Å². The van der Waals surface area contributed by atoms with E-state index >= 15 is 0 Å². The Bertz CT molecular complexity index is 577. The van der Waals surface area contributed by atoms with Crippen LogP contribution >= 0.6 is 0 Å². The van der Waals surface area contributed by atoms with E-state index in [1.807, 2.05) is 13.1 Å². The summed E-state index contributed by atoms with van der Waals surface area (Å²) in [4.78, 5) is 0. The summed E-state index contributed by atoms with van der Waals surface area (Å²) in [5, 5.41) is 3.33. The Hall–Kier alpha value is -1.67. The highest BCUT2D eigenvalue weighted by molar-refractivity contribution is 5.65. The molecule has 92 valence electrons. The molecule has 3 rings (SSSR count). The van der Waals surface area contributed by atoms with Crippen LogP contribution in [0.1, 0.15) is 23.6 Å². The van der Waals surface area contributed by atoms with Crippen LogP contribution in [0.4, 0.5) is 4.39 Å². The largest absolute Gasteiger partial charge is 0.313 e. The van der Waals surface area contributed by atoms with E-state index in [0.717, 1.165) is 24.0 Å². The lowest BCUT2D eigenvalue weighted by Crippen LogP contribution is -2.12. The first-order chi connectivity index (χ1) is 8.78. The molecule has 0 radical (unpaired) electrons. The molecule has 2 heteroatoms. The van der Waals surface area contributed by atoms with Gasteiger partial charge in [-0.25, -0.2) is 4.39 Å². The maximum atomic E-state index is 13.2. The summed E-state index contributed by atoms with van der Waals surface area (Å²) in [6.07, 6.45) is 2.25. The van der Waals surface area contributed by atoms with Crippen LogP contribution in [0.15, 0.2) is 42.5 Å². The lowest BCUT2D eigenvalue weighted by molar-refractivity contribution is 0.590. The molecule has 2 aromatic carbocycles. The predicted molar refractivity (Wildman–Crippen MR) is 72.0 cm³/mol. The highest BCUT2D eigenvalue weighted by atomic mass is 19.1. The number of hydrogen-bond acceptors (Lipinski definition) is 1. The zero-order chi connectivity index (χ0) is 12.5. The highest BCUT2D eigenvalue weighted by Crippen LogP contribution is 2.33. The molecule has 0 spiro atoms. The summed E-state index contributed by atoms with van der Waals surface area (Å²) < 4.78 is 13.2. The van der Waals surface area contributed by atoms with E-state index in [1.54, 1.807) is 12.1 Å². The molecule has 0 saturated carbocycles. The topological polar surface area (TPSA) is 12.0 Å². The maximum absolute atomic E-state index is 13.2. The minimum Gasteiger partial charge on any atom is -0.313 e. The fourth-order valence-corrected chi connectivity index (χ4v) is 2.76. The molecular formula is C16H16FN. The van der Waals surface area contributed by atoms with Crippen molar-refractivity contribution in [3.63, 3.8) is 0 Å². The second kappa shape index (κ2) is 4.54. The fraction of sp³-hybridized carbons (Fsp3) is 0.250. The van der Waals surface area contributed by atoms with E-state index in [-0.39, 0.29) is 5.82 Å². The maximum Gasteiger partial charge on any atom is 0.123 e. The van der Waals surface area contributed by atoms with E-state index in [2.05, 4.69) is 23.5 Å². The van der Waals surface area contributed by atoms with Crippen LogP contribution in [0.25, 0.3) is 11.1 Å². The molecule has 18 heavy (non-hydrogen) atoms. The Labute approximate surface area is 107 Å². The Morgan fingerprint density at radius 1 is 1.11 bits per heavy atom. The summed E-state index contributed by atoms with van der Waals surface area (Å²) in [5.74, 6) is -0.180. The number of benzene rings is 2.